The highest BCUT2D eigenvalue weighted by atomic mass is 35.5. The molecule has 0 aromatic heterocycles. The smallest absolute Gasteiger partial charge is 0.254 e. The first kappa shape index (κ1) is 16.3. The quantitative estimate of drug-likeness (QED) is 0.920. The van der Waals surface area contributed by atoms with E-state index >= 15 is 0 Å². The molecule has 2 rings (SSSR count). The molecular formula is C17H25ClN2O. The van der Waals surface area contributed by atoms with E-state index in [0.29, 0.717) is 17.1 Å². The largest absolute Gasteiger partial charge is 0.336 e. The second-order valence-corrected chi connectivity index (χ2v) is 6.46. The molecule has 1 aliphatic rings. The van der Waals surface area contributed by atoms with E-state index in [0.717, 1.165) is 49.8 Å². The van der Waals surface area contributed by atoms with E-state index in [9.17, 15) is 4.79 Å². The fourth-order valence-corrected chi connectivity index (χ4v) is 3.35. The zero-order chi connectivity index (χ0) is 15.4. The van der Waals surface area contributed by atoms with Gasteiger partial charge in [-0.15, -0.1) is 0 Å². The second kappa shape index (κ2) is 7.28. The summed E-state index contributed by atoms with van der Waals surface area (Å²) in [6.07, 6.45) is 5.02. The lowest BCUT2D eigenvalue weighted by atomic mass is 9.90. The van der Waals surface area contributed by atoms with Crippen LogP contribution >= 0.6 is 11.6 Å². The molecule has 4 heteroatoms. The Labute approximate surface area is 132 Å². The van der Waals surface area contributed by atoms with Gasteiger partial charge in [-0.05, 0) is 62.8 Å². The zero-order valence-corrected chi connectivity index (χ0v) is 13.7. The summed E-state index contributed by atoms with van der Waals surface area (Å²) in [4.78, 5) is 14.9. The number of amides is 1. The van der Waals surface area contributed by atoms with Crippen LogP contribution in [0, 0.1) is 6.92 Å². The minimum absolute atomic E-state index is 0.131. The molecule has 2 N–H and O–H groups in total. The molecule has 116 valence electrons. The van der Waals surface area contributed by atoms with Crippen molar-refractivity contribution in [3.63, 3.8) is 0 Å². The van der Waals surface area contributed by atoms with Gasteiger partial charge in [-0.3, -0.25) is 4.79 Å². The number of nitrogens with zero attached hydrogens (tertiary/aromatic N) is 1. The van der Waals surface area contributed by atoms with Crippen molar-refractivity contribution in [3.8, 4) is 0 Å². The Bertz CT molecular complexity index is 496. The highest BCUT2D eigenvalue weighted by Gasteiger charge is 2.28. The van der Waals surface area contributed by atoms with Gasteiger partial charge >= 0.3 is 0 Å². The summed E-state index contributed by atoms with van der Waals surface area (Å²) in [6, 6.07) is 6.12. The molecule has 21 heavy (non-hydrogen) atoms. The maximum atomic E-state index is 12.9. The number of carbonyl (C=O) groups excluding carboxylic acids is 1. The molecule has 1 aliphatic carbocycles. The fourth-order valence-electron chi connectivity index (χ4n) is 3.13. The van der Waals surface area contributed by atoms with Gasteiger partial charge in [-0.2, -0.15) is 0 Å². The van der Waals surface area contributed by atoms with Crippen LogP contribution in [0.2, 0.25) is 5.02 Å². The van der Waals surface area contributed by atoms with Crippen LogP contribution in [0.4, 0.5) is 0 Å². The first-order chi connectivity index (χ1) is 10.0. The van der Waals surface area contributed by atoms with Gasteiger partial charge in [0.15, 0.2) is 0 Å². The third-order valence-electron chi connectivity index (χ3n) is 4.33. The van der Waals surface area contributed by atoms with Crippen LogP contribution < -0.4 is 5.73 Å². The molecule has 1 amide bonds. The lowest BCUT2D eigenvalue weighted by Gasteiger charge is -2.36. The molecule has 1 fully saturated rings. The SMILES string of the molecule is CCCN(C(=O)c1ccc(Cl)cc1C)C1CCC(N)CC1. The molecule has 0 spiro atoms. The number of benzene rings is 1. The Morgan fingerprint density at radius 1 is 1.33 bits per heavy atom. The molecule has 3 nitrogen and oxygen atoms in total. The first-order valence-electron chi connectivity index (χ1n) is 7.85. The second-order valence-electron chi connectivity index (χ2n) is 6.03. The fraction of sp³-hybridized carbons (Fsp3) is 0.588. The van der Waals surface area contributed by atoms with Crippen LogP contribution in [0.5, 0.6) is 0 Å². The van der Waals surface area contributed by atoms with E-state index in [-0.39, 0.29) is 5.91 Å². The number of aryl methyl sites for hydroxylation is 1. The number of carbonyl (C=O) groups is 1. The maximum Gasteiger partial charge on any atom is 0.254 e. The van der Waals surface area contributed by atoms with Crippen LogP contribution in [0.15, 0.2) is 18.2 Å². The highest BCUT2D eigenvalue weighted by molar-refractivity contribution is 6.30. The number of halogens is 1. The van der Waals surface area contributed by atoms with Gasteiger partial charge < -0.3 is 10.6 Å². The zero-order valence-electron chi connectivity index (χ0n) is 12.9. The average Bonchev–Trinajstić information content (AvgIpc) is 2.45. The van der Waals surface area contributed by atoms with Crippen molar-refractivity contribution in [2.45, 2.75) is 58.0 Å². The van der Waals surface area contributed by atoms with E-state index in [1.54, 1.807) is 6.07 Å². The van der Waals surface area contributed by atoms with Gasteiger partial charge in [0.1, 0.15) is 0 Å². The molecule has 0 saturated heterocycles. The Balaban J connectivity index is 2.18. The van der Waals surface area contributed by atoms with Gasteiger partial charge in [0.2, 0.25) is 0 Å². The molecule has 0 unspecified atom stereocenters. The van der Waals surface area contributed by atoms with Crippen molar-refractivity contribution in [1.29, 1.82) is 0 Å². The Morgan fingerprint density at radius 3 is 2.57 bits per heavy atom. The normalized spacial score (nSPS) is 22.1. The van der Waals surface area contributed by atoms with E-state index in [2.05, 4.69) is 6.92 Å². The maximum absolute atomic E-state index is 12.9. The van der Waals surface area contributed by atoms with Gasteiger partial charge in [-0.1, -0.05) is 18.5 Å². The van der Waals surface area contributed by atoms with Crippen LogP contribution in [0.3, 0.4) is 0 Å². The third-order valence-corrected chi connectivity index (χ3v) is 4.56. The predicted octanol–water partition coefficient (Wildman–Crippen LogP) is 3.77. The Morgan fingerprint density at radius 2 is 2.00 bits per heavy atom. The molecule has 1 aromatic rings. The Hall–Kier alpha value is -1.06. The van der Waals surface area contributed by atoms with Gasteiger partial charge in [-0.25, -0.2) is 0 Å². The van der Waals surface area contributed by atoms with Gasteiger partial charge in [0, 0.05) is 29.2 Å². The molecular weight excluding hydrogens is 284 g/mol. The predicted molar refractivity (Wildman–Crippen MR) is 87.7 cm³/mol. The van der Waals surface area contributed by atoms with E-state index < -0.39 is 0 Å². The summed E-state index contributed by atoms with van der Waals surface area (Å²) in [6.45, 7) is 4.87. The topological polar surface area (TPSA) is 46.3 Å². The van der Waals surface area contributed by atoms with Crippen molar-refractivity contribution in [2.75, 3.05) is 6.54 Å². The monoisotopic (exact) mass is 308 g/mol. The third kappa shape index (κ3) is 3.98. The van der Waals surface area contributed by atoms with Crippen LogP contribution in [-0.2, 0) is 0 Å². The van der Waals surface area contributed by atoms with Crippen molar-refractivity contribution < 1.29 is 4.79 Å². The summed E-state index contributed by atoms with van der Waals surface area (Å²) in [7, 11) is 0. The molecule has 0 bridgehead atoms. The van der Waals surface area contributed by atoms with Crippen LogP contribution in [0.1, 0.15) is 54.9 Å². The number of hydrogen-bond donors (Lipinski definition) is 1. The summed E-state index contributed by atoms with van der Waals surface area (Å²) in [5, 5.41) is 0.676. The van der Waals surface area contributed by atoms with Crippen LogP contribution in [-0.4, -0.2) is 29.4 Å². The average molecular weight is 309 g/mol. The summed E-state index contributed by atoms with van der Waals surface area (Å²) in [5.74, 6) is 0.131. The molecule has 0 radical (unpaired) electrons. The van der Waals surface area contributed by atoms with Crippen molar-refractivity contribution >= 4 is 17.5 Å². The van der Waals surface area contributed by atoms with Crippen molar-refractivity contribution in [1.82, 2.24) is 4.90 Å². The highest BCUT2D eigenvalue weighted by Crippen LogP contribution is 2.25. The molecule has 0 atom stereocenters. The Kier molecular flexibility index (Phi) is 5.65. The van der Waals surface area contributed by atoms with Crippen molar-refractivity contribution in [3.05, 3.63) is 34.3 Å². The van der Waals surface area contributed by atoms with E-state index in [1.165, 1.54) is 0 Å². The van der Waals surface area contributed by atoms with E-state index in [4.69, 9.17) is 17.3 Å². The lowest BCUT2D eigenvalue weighted by molar-refractivity contribution is 0.0626. The standard InChI is InChI=1S/C17H25ClN2O/c1-3-10-20(15-7-5-14(19)6-8-15)17(21)16-9-4-13(18)11-12(16)2/h4,9,11,14-15H,3,5-8,10,19H2,1-2H3. The van der Waals surface area contributed by atoms with Gasteiger partial charge in [0.05, 0.1) is 0 Å². The van der Waals surface area contributed by atoms with Crippen molar-refractivity contribution in [2.24, 2.45) is 5.73 Å². The number of rotatable bonds is 4. The first-order valence-corrected chi connectivity index (χ1v) is 8.23. The van der Waals surface area contributed by atoms with E-state index in [1.807, 2.05) is 24.0 Å². The summed E-state index contributed by atoms with van der Waals surface area (Å²) < 4.78 is 0. The summed E-state index contributed by atoms with van der Waals surface area (Å²) in [5.41, 5.74) is 7.69. The lowest BCUT2D eigenvalue weighted by Crippen LogP contribution is -2.44. The minimum atomic E-state index is 0.131. The molecule has 0 aliphatic heterocycles. The molecule has 1 saturated carbocycles. The number of nitrogens with two attached hydrogens (primary N) is 1. The molecule has 0 heterocycles. The van der Waals surface area contributed by atoms with Crippen LogP contribution in [0.25, 0.3) is 0 Å². The molecule has 1 aromatic carbocycles. The number of hydrogen-bond acceptors (Lipinski definition) is 2. The van der Waals surface area contributed by atoms with Gasteiger partial charge in [0.25, 0.3) is 5.91 Å². The summed E-state index contributed by atoms with van der Waals surface area (Å²) >= 11 is 5.99. The minimum Gasteiger partial charge on any atom is -0.336 e.